The molecule has 6 heteroatoms. The van der Waals surface area contributed by atoms with E-state index in [-0.39, 0.29) is 24.1 Å². The molecule has 0 aliphatic rings. The molecule has 14 heavy (non-hydrogen) atoms. The first-order chi connectivity index (χ1) is 6.26. The summed E-state index contributed by atoms with van der Waals surface area (Å²) < 4.78 is 29.5. The van der Waals surface area contributed by atoms with Crippen LogP contribution >= 0.6 is 0 Å². The lowest BCUT2D eigenvalue weighted by Gasteiger charge is -2.19. The van der Waals surface area contributed by atoms with E-state index in [0.29, 0.717) is 0 Å². The molecule has 1 N–H and O–H groups in total. The minimum Gasteiger partial charge on any atom is -0.342 e. The highest BCUT2D eigenvalue weighted by atomic mass is 32.2. The van der Waals surface area contributed by atoms with Gasteiger partial charge in [0.05, 0.1) is 5.75 Å². The van der Waals surface area contributed by atoms with Crippen molar-refractivity contribution in [1.82, 2.24) is 4.90 Å². The van der Waals surface area contributed by atoms with Crippen LogP contribution in [0.4, 0.5) is 0 Å². The molecule has 1 unspecified atom stereocenters. The molecule has 1 atom stereocenters. The largest absolute Gasteiger partial charge is 0.342 e. The molecule has 5 nitrogen and oxygen atoms in total. The summed E-state index contributed by atoms with van der Waals surface area (Å²) in [6.07, 6.45) is 1.15. The smallest absolute Gasteiger partial charge is 0.265 e. The van der Waals surface area contributed by atoms with Crippen molar-refractivity contribution in [2.24, 2.45) is 5.92 Å². The molecule has 1 amide bonds. The molecule has 0 spiro atoms. The number of carbonyl (C=O) groups is 1. The highest BCUT2D eigenvalue weighted by Crippen LogP contribution is 2.02. The number of hydrogen-bond acceptors (Lipinski definition) is 3. The van der Waals surface area contributed by atoms with E-state index >= 15 is 0 Å². The van der Waals surface area contributed by atoms with Gasteiger partial charge in [-0.3, -0.25) is 9.35 Å². The zero-order valence-electron chi connectivity index (χ0n) is 8.30. The van der Waals surface area contributed by atoms with Crippen molar-refractivity contribution in [3.05, 3.63) is 12.7 Å². The lowest BCUT2D eigenvalue weighted by atomic mass is 10.2. The minimum absolute atomic E-state index is 0.268. The number of amides is 1. The summed E-state index contributed by atoms with van der Waals surface area (Å²) in [6.45, 7) is 5.21. The summed E-state index contributed by atoms with van der Waals surface area (Å²) >= 11 is 0. The summed E-state index contributed by atoms with van der Waals surface area (Å²) in [7, 11) is -2.42. The Labute approximate surface area is 84.2 Å². The zero-order valence-corrected chi connectivity index (χ0v) is 9.12. The second-order valence-electron chi connectivity index (χ2n) is 3.28. The van der Waals surface area contributed by atoms with E-state index < -0.39 is 10.1 Å². The number of likely N-dealkylation sites (N-methyl/N-ethyl adjacent to an activating group) is 1. The molecular weight excluding hydrogens is 206 g/mol. The predicted octanol–water partition coefficient (Wildman–Crippen LogP) is 0.155. The average Bonchev–Trinajstić information content (AvgIpc) is 1.99. The SMILES string of the molecule is C=CC(=O)N(C)CC(C)CS(=O)(=O)O. The molecule has 0 aromatic rings. The molecule has 0 aromatic heterocycles. The molecule has 0 aromatic carbocycles. The second-order valence-corrected chi connectivity index (χ2v) is 4.77. The van der Waals surface area contributed by atoms with Gasteiger partial charge in [0.15, 0.2) is 0 Å². The quantitative estimate of drug-likeness (QED) is 0.530. The van der Waals surface area contributed by atoms with Crippen molar-refractivity contribution in [3.8, 4) is 0 Å². The van der Waals surface area contributed by atoms with Crippen molar-refractivity contribution in [3.63, 3.8) is 0 Å². The molecule has 0 fully saturated rings. The lowest BCUT2D eigenvalue weighted by molar-refractivity contribution is -0.125. The van der Waals surface area contributed by atoms with Gasteiger partial charge in [-0.05, 0) is 12.0 Å². The van der Waals surface area contributed by atoms with Gasteiger partial charge in [-0.1, -0.05) is 13.5 Å². The van der Waals surface area contributed by atoms with Crippen LogP contribution in [0.25, 0.3) is 0 Å². The van der Waals surface area contributed by atoms with Gasteiger partial charge >= 0.3 is 0 Å². The Morgan fingerprint density at radius 3 is 2.50 bits per heavy atom. The van der Waals surface area contributed by atoms with Crippen molar-refractivity contribution in [1.29, 1.82) is 0 Å². The summed E-state index contributed by atoms with van der Waals surface area (Å²) in [6, 6.07) is 0. The maximum atomic E-state index is 11.0. The number of carbonyl (C=O) groups excluding carboxylic acids is 1. The zero-order chi connectivity index (χ0) is 11.4. The Balaban J connectivity index is 4.13. The van der Waals surface area contributed by atoms with Crippen LogP contribution in [0.1, 0.15) is 6.92 Å². The van der Waals surface area contributed by atoms with Gasteiger partial charge in [-0.25, -0.2) is 0 Å². The Morgan fingerprint density at radius 2 is 2.14 bits per heavy atom. The van der Waals surface area contributed by atoms with Gasteiger partial charge < -0.3 is 4.90 Å². The van der Waals surface area contributed by atoms with Crippen molar-refractivity contribution >= 4 is 16.0 Å². The van der Waals surface area contributed by atoms with E-state index in [1.54, 1.807) is 14.0 Å². The third kappa shape index (κ3) is 5.71. The fraction of sp³-hybridized carbons (Fsp3) is 0.625. The maximum Gasteiger partial charge on any atom is 0.265 e. The van der Waals surface area contributed by atoms with Gasteiger partial charge in [-0.15, -0.1) is 0 Å². The molecule has 0 aliphatic heterocycles. The Hall–Kier alpha value is -0.880. The van der Waals surface area contributed by atoms with Crippen LogP contribution in [0.5, 0.6) is 0 Å². The van der Waals surface area contributed by atoms with E-state index in [1.807, 2.05) is 0 Å². The van der Waals surface area contributed by atoms with Crippen LogP contribution in [0, 0.1) is 5.92 Å². The minimum atomic E-state index is -3.97. The summed E-state index contributed by atoms with van der Waals surface area (Å²) in [5, 5.41) is 0. The highest BCUT2D eigenvalue weighted by molar-refractivity contribution is 7.85. The third-order valence-electron chi connectivity index (χ3n) is 1.63. The Kier molecular flexibility index (Phi) is 4.79. The molecule has 0 heterocycles. The first-order valence-electron chi connectivity index (χ1n) is 4.09. The fourth-order valence-electron chi connectivity index (χ4n) is 1.13. The monoisotopic (exact) mass is 221 g/mol. The third-order valence-corrected chi connectivity index (χ3v) is 2.62. The first kappa shape index (κ1) is 13.1. The van der Waals surface area contributed by atoms with Crippen LogP contribution in [0.3, 0.4) is 0 Å². The number of hydrogen-bond donors (Lipinski definition) is 1. The van der Waals surface area contributed by atoms with Crippen molar-refractivity contribution in [2.75, 3.05) is 19.3 Å². The van der Waals surface area contributed by atoms with Crippen LogP contribution < -0.4 is 0 Å². The summed E-state index contributed by atoms with van der Waals surface area (Å²) in [5.41, 5.74) is 0. The van der Waals surface area contributed by atoms with Crippen LogP contribution in [-0.2, 0) is 14.9 Å². The first-order valence-corrected chi connectivity index (χ1v) is 5.70. The van der Waals surface area contributed by atoms with E-state index in [0.717, 1.165) is 6.08 Å². The second kappa shape index (κ2) is 5.11. The van der Waals surface area contributed by atoms with Gasteiger partial charge in [0, 0.05) is 13.6 Å². The van der Waals surface area contributed by atoms with E-state index in [1.165, 1.54) is 4.90 Å². The van der Waals surface area contributed by atoms with Gasteiger partial charge in [0.25, 0.3) is 10.1 Å². The molecule has 0 aliphatic carbocycles. The topological polar surface area (TPSA) is 74.7 Å². The maximum absolute atomic E-state index is 11.0. The van der Waals surface area contributed by atoms with E-state index in [2.05, 4.69) is 6.58 Å². The molecule has 0 saturated carbocycles. The Morgan fingerprint density at radius 1 is 1.64 bits per heavy atom. The highest BCUT2D eigenvalue weighted by Gasteiger charge is 2.15. The molecule has 82 valence electrons. The van der Waals surface area contributed by atoms with E-state index in [9.17, 15) is 13.2 Å². The predicted molar refractivity (Wildman–Crippen MR) is 53.4 cm³/mol. The number of rotatable bonds is 5. The van der Waals surface area contributed by atoms with Gasteiger partial charge in [-0.2, -0.15) is 8.42 Å². The van der Waals surface area contributed by atoms with Crippen molar-refractivity contribution < 1.29 is 17.8 Å². The van der Waals surface area contributed by atoms with Crippen LogP contribution in [0.15, 0.2) is 12.7 Å². The normalized spacial score (nSPS) is 13.4. The van der Waals surface area contributed by atoms with Crippen LogP contribution in [0.2, 0.25) is 0 Å². The van der Waals surface area contributed by atoms with E-state index in [4.69, 9.17) is 4.55 Å². The molecule has 0 saturated heterocycles. The van der Waals surface area contributed by atoms with Crippen LogP contribution in [-0.4, -0.2) is 43.1 Å². The van der Waals surface area contributed by atoms with Crippen molar-refractivity contribution in [2.45, 2.75) is 6.92 Å². The standard InChI is InChI=1S/C8H15NO4S/c1-4-8(10)9(3)5-7(2)6-14(11,12)13/h4,7H,1,5-6H2,2-3H3,(H,11,12,13). The van der Waals surface area contributed by atoms with Gasteiger partial charge in [0.1, 0.15) is 0 Å². The molecule has 0 bridgehead atoms. The Bertz CT molecular complexity index is 309. The van der Waals surface area contributed by atoms with Gasteiger partial charge in [0.2, 0.25) is 5.91 Å². The molecular formula is C8H15NO4S. The molecule has 0 rings (SSSR count). The fourth-order valence-corrected chi connectivity index (χ4v) is 1.95. The summed E-state index contributed by atoms with van der Waals surface area (Å²) in [5.74, 6) is -0.923. The molecule has 0 radical (unpaired) electrons. The lowest BCUT2D eigenvalue weighted by Crippen LogP contribution is -2.32. The number of nitrogens with zero attached hydrogens (tertiary/aromatic N) is 1. The summed E-state index contributed by atoms with van der Waals surface area (Å²) in [4.78, 5) is 12.4. The average molecular weight is 221 g/mol.